The van der Waals surface area contributed by atoms with E-state index in [1.54, 1.807) is 0 Å². The van der Waals surface area contributed by atoms with Crippen molar-refractivity contribution in [3.8, 4) is 0 Å². The van der Waals surface area contributed by atoms with Crippen LogP contribution in [0.15, 0.2) is 29.1 Å². The topological polar surface area (TPSA) is 69.8 Å². The molecule has 0 radical (unpaired) electrons. The molecular weight excluding hydrogens is 264 g/mol. The Morgan fingerprint density at radius 3 is 2.90 bits per heavy atom. The Morgan fingerprint density at radius 2 is 2.05 bits per heavy atom. The fourth-order valence-corrected chi connectivity index (χ4v) is 2.77. The minimum atomic E-state index is -0.0763. The van der Waals surface area contributed by atoms with E-state index in [4.69, 9.17) is 0 Å². The summed E-state index contributed by atoms with van der Waals surface area (Å²) in [6.07, 6.45) is 2.26. The molecule has 5 nitrogen and oxygen atoms in total. The van der Waals surface area contributed by atoms with Gasteiger partial charge in [-0.25, -0.2) is 4.98 Å². The molecule has 21 heavy (non-hydrogen) atoms. The third-order valence-electron chi connectivity index (χ3n) is 4.10. The van der Waals surface area contributed by atoms with Gasteiger partial charge in [-0.1, -0.05) is 18.2 Å². The lowest BCUT2D eigenvalue weighted by Gasteiger charge is -2.08. The predicted molar refractivity (Wildman–Crippen MR) is 81.1 cm³/mol. The van der Waals surface area contributed by atoms with Crippen molar-refractivity contribution in [2.45, 2.75) is 38.4 Å². The number of hydrogen-bond acceptors (Lipinski definition) is 4. The van der Waals surface area contributed by atoms with Gasteiger partial charge in [-0.15, -0.1) is 0 Å². The lowest BCUT2D eigenvalue weighted by molar-refractivity contribution is 0.764. The first-order chi connectivity index (χ1) is 10.3. The highest BCUT2D eigenvalue weighted by atomic mass is 16.1. The Hall–Kier alpha value is -2.14. The van der Waals surface area contributed by atoms with E-state index in [2.05, 4.69) is 38.8 Å². The summed E-state index contributed by atoms with van der Waals surface area (Å²) in [5.41, 5.74) is 3.89. The number of nitrogens with zero attached hydrogens (tertiary/aromatic N) is 1. The summed E-state index contributed by atoms with van der Waals surface area (Å²) in [6, 6.07) is 8.05. The van der Waals surface area contributed by atoms with Gasteiger partial charge < -0.3 is 15.6 Å². The second-order valence-electron chi connectivity index (χ2n) is 5.85. The Kier molecular flexibility index (Phi) is 3.00. The molecule has 0 unspecified atom stereocenters. The van der Waals surface area contributed by atoms with Gasteiger partial charge >= 0.3 is 0 Å². The molecule has 108 valence electrons. The number of aromatic amines is 1. The lowest BCUT2D eigenvalue weighted by Crippen LogP contribution is -2.13. The Balaban J connectivity index is 1.50. The minimum absolute atomic E-state index is 0.0763. The largest absolute Gasteiger partial charge is 0.366 e. The molecule has 2 aliphatic rings. The number of nitrogens with one attached hydrogen (secondary N) is 3. The Bertz CT molecular complexity index is 733. The van der Waals surface area contributed by atoms with E-state index in [9.17, 15) is 4.79 Å². The molecule has 2 heterocycles. The number of hydrogen-bond donors (Lipinski definition) is 3. The molecule has 1 saturated carbocycles. The Morgan fingerprint density at radius 1 is 1.19 bits per heavy atom. The number of H-pyrrole nitrogens is 1. The maximum Gasteiger partial charge on any atom is 0.252 e. The van der Waals surface area contributed by atoms with E-state index in [0.717, 1.165) is 31.8 Å². The number of aromatic nitrogens is 2. The van der Waals surface area contributed by atoms with Crippen LogP contribution in [0.3, 0.4) is 0 Å². The number of benzene rings is 1. The molecular formula is C16H18N4O. The van der Waals surface area contributed by atoms with E-state index in [-0.39, 0.29) is 5.56 Å². The number of fused-ring (bicyclic) bond motifs is 1. The molecule has 0 spiro atoms. The first-order valence-corrected chi connectivity index (χ1v) is 7.44. The van der Waals surface area contributed by atoms with E-state index < -0.39 is 0 Å². The van der Waals surface area contributed by atoms with Crippen LogP contribution in [0.2, 0.25) is 0 Å². The predicted octanol–water partition coefficient (Wildman–Crippen LogP) is 1.86. The van der Waals surface area contributed by atoms with Crippen LogP contribution in [0.25, 0.3) is 0 Å². The van der Waals surface area contributed by atoms with Crippen molar-refractivity contribution in [3.63, 3.8) is 0 Å². The van der Waals surface area contributed by atoms with Gasteiger partial charge in [0.2, 0.25) is 0 Å². The molecule has 4 rings (SSSR count). The molecule has 2 aromatic rings. The van der Waals surface area contributed by atoms with Crippen molar-refractivity contribution in [3.05, 3.63) is 57.1 Å². The molecule has 1 aromatic carbocycles. The van der Waals surface area contributed by atoms with Gasteiger partial charge in [0, 0.05) is 31.6 Å². The zero-order chi connectivity index (χ0) is 14.2. The molecule has 5 heteroatoms. The van der Waals surface area contributed by atoms with Gasteiger partial charge in [-0.2, -0.15) is 0 Å². The average molecular weight is 282 g/mol. The van der Waals surface area contributed by atoms with Crippen molar-refractivity contribution >= 4 is 5.82 Å². The van der Waals surface area contributed by atoms with Crippen LogP contribution in [-0.2, 0) is 19.6 Å². The molecule has 0 bridgehead atoms. The highest BCUT2D eigenvalue weighted by Crippen LogP contribution is 2.37. The highest BCUT2D eigenvalue weighted by molar-refractivity contribution is 5.39. The van der Waals surface area contributed by atoms with E-state index in [0.29, 0.717) is 18.3 Å². The average Bonchev–Trinajstić information content (AvgIpc) is 3.23. The van der Waals surface area contributed by atoms with Crippen molar-refractivity contribution in [1.82, 2.24) is 15.3 Å². The molecule has 0 saturated heterocycles. The molecule has 3 N–H and O–H groups in total. The first kappa shape index (κ1) is 12.6. The summed E-state index contributed by atoms with van der Waals surface area (Å²) >= 11 is 0. The molecule has 1 aliphatic heterocycles. The van der Waals surface area contributed by atoms with Crippen molar-refractivity contribution in [1.29, 1.82) is 0 Å². The van der Waals surface area contributed by atoms with E-state index >= 15 is 0 Å². The third-order valence-corrected chi connectivity index (χ3v) is 4.10. The third kappa shape index (κ3) is 2.69. The van der Waals surface area contributed by atoms with E-state index in [1.807, 2.05) is 0 Å². The van der Waals surface area contributed by atoms with Crippen LogP contribution in [0.4, 0.5) is 5.82 Å². The molecule has 0 atom stereocenters. The van der Waals surface area contributed by atoms with Crippen LogP contribution in [0, 0.1) is 0 Å². The monoisotopic (exact) mass is 282 g/mol. The standard InChI is InChI=1S/C16H18N4O/c21-15-6-14(19-16(20-15)11-3-4-11)18-7-10-1-2-12-8-17-9-13(12)5-10/h1-2,5-6,11,17H,3-4,7-9H2,(H2,18,19,20,21). The van der Waals surface area contributed by atoms with Crippen molar-refractivity contribution < 1.29 is 0 Å². The summed E-state index contributed by atoms with van der Waals surface area (Å²) in [7, 11) is 0. The van der Waals surface area contributed by atoms with Crippen LogP contribution in [-0.4, -0.2) is 9.97 Å². The summed E-state index contributed by atoms with van der Waals surface area (Å²) in [6.45, 7) is 2.59. The van der Waals surface area contributed by atoms with Crippen LogP contribution >= 0.6 is 0 Å². The summed E-state index contributed by atoms with van der Waals surface area (Å²) in [5.74, 6) is 1.94. The fourth-order valence-electron chi connectivity index (χ4n) is 2.77. The zero-order valence-corrected chi connectivity index (χ0v) is 11.8. The second kappa shape index (κ2) is 5.00. The van der Waals surface area contributed by atoms with Crippen molar-refractivity contribution in [2.75, 3.05) is 5.32 Å². The summed E-state index contributed by atoms with van der Waals surface area (Å²) in [4.78, 5) is 19.0. The van der Waals surface area contributed by atoms with Crippen LogP contribution in [0.1, 0.15) is 41.3 Å². The number of anilines is 1. The maximum atomic E-state index is 11.7. The quantitative estimate of drug-likeness (QED) is 0.800. The van der Waals surface area contributed by atoms with Crippen molar-refractivity contribution in [2.24, 2.45) is 0 Å². The van der Waals surface area contributed by atoms with Crippen LogP contribution < -0.4 is 16.2 Å². The highest BCUT2D eigenvalue weighted by Gasteiger charge is 2.26. The maximum absolute atomic E-state index is 11.7. The SMILES string of the molecule is O=c1cc(NCc2ccc3c(c2)CNC3)nc(C2CC2)[nH]1. The summed E-state index contributed by atoms with van der Waals surface area (Å²) < 4.78 is 0. The zero-order valence-electron chi connectivity index (χ0n) is 11.8. The molecule has 0 amide bonds. The van der Waals surface area contributed by atoms with Gasteiger partial charge in [0.05, 0.1) is 0 Å². The normalized spacial score (nSPS) is 16.8. The van der Waals surface area contributed by atoms with Crippen LogP contribution in [0.5, 0.6) is 0 Å². The second-order valence-corrected chi connectivity index (χ2v) is 5.85. The van der Waals surface area contributed by atoms with Gasteiger partial charge in [-0.3, -0.25) is 4.79 Å². The summed E-state index contributed by atoms with van der Waals surface area (Å²) in [5, 5.41) is 6.61. The lowest BCUT2D eigenvalue weighted by atomic mass is 10.1. The Labute approximate surface area is 122 Å². The van der Waals surface area contributed by atoms with Gasteiger partial charge in [0.1, 0.15) is 11.6 Å². The van der Waals surface area contributed by atoms with E-state index in [1.165, 1.54) is 22.8 Å². The smallest absolute Gasteiger partial charge is 0.252 e. The van der Waals surface area contributed by atoms with Gasteiger partial charge in [-0.05, 0) is 29.5 Å². The molecule has 1 fully saturated rings. The van der Waals surface area contributed by atoms with Gasteiger partial charge in [0.25, 0.3) is 5.56 Å². The molecule has 1 aliphatic carbocycles. The number of rotatable bonds is 4. The first-order valence-electron chi connectivity index (χ1n) is 7.44. The minimum Gasteiger partial charge on any atom is -0.366 e. The molecule has 1 aromatic heterocycles. The van der Waals surface area contributed by atoms with Gasteiger partial charge in [0.15, 0.2) is 0 Å². The fraction of sp³-hybridized carbons (Fsp3) is 0.375.